The molecule has 0 saturated carbocycles. The van der Waals surface area contributed by atoms with E-state index in [1.807, 2.05) is 43.4 Å². The van der Waals surface area contributed by atoms with Crippen LogP contribution >= 0.6 is 0 Å². The van der Waals surface area contributed by atoms with Gasteiger partial charge in [0, 0.05) is 17.8 Å². The summed E-state index contributed by atoms with van der Waals surface area (Å²) < 4.78 is 5.56. The molecule has 0 unspecified atom stereocenters. The lowest BCUT2D eigenvalue weighted by Gasteiger charge is -2.09. The van der Waals surface area contributed by atoms with Crippen molar-refractivity contribution < 1.29 is 9.53 Å². The number of rotatable bonds is 7. The molecule has 22 heavy (non-hydrogen) atoms. The zero-order valence-corrected chi connectivity index (χ0v) is 13.1. The van der Waals surface area contributed by atoms with Crippen LogP contribution in [0.2, 0.25) is 0 Å². The number of benzene rings is 2. The molecule has 0 aliphatic rings. The fourth-order valence-corrected chi connectivity index (χ4v) is 2.11. The quantitative estimate of drug-likeness (QED) is 0.823. The number of ether oxygens (including phenoxy) is 1. The fraction of sp³-hybridized carbons (Fsp3) is 0.278. The van der Waals surface area contributed by atoms with Gasteiger partial charge in [0.15, 0.2) is 0 Å². The predicted molar refractivity (Wildman–Crippen MR) is 89.4 cm³/mol. The Morgan fingerprint density at radius 2 is 1.95 bits per heavy atom. The molecule has 0 bridgehead atoms. The van der Waals surface area contributed by atoms with Gasteiger partial charge in [-0.2, -0.15) is 0 Å². The van der Waals surface area contributed by atoms with Gasteiger partial charge in [-0.3, -0.25) is 4.79 Å². The van der Waals surface area contributed by atoms with Crippen molar-refractivity contribution in [2.45, 2.75) is 19.9 Å². The van der Waals surface area contributed by atoms with E-state index in [1.54, 1.807) is 12.1 Å². The molecule has 2 aromatic rings. The molecule has 116 valence electrons. The number of amides is 1. The fourth-order valence-electron chi connectivity index (χ4n) is 2.11. The topological polar surface area (TPSA) is 50.4 Å². The molecule has 4 heteroatoms. The van der Waals surface area contributed by atoms with Crippen LogP contribution in [0.1, 0.15) is 29.3 Å². The van der Waals surface area contributed by atoms with Crippen LogP contribution in [0.4, 0.5) is 5.69 Å². The Morgan fingerprint density at radius 1 is 1.14 bits per heavy atom. The number of carbonyl (C=O) groups excluding carboxylic acids is 1. The number of anilines is 1. The third-order valence-electron chi connectivity index (χ3n) is 3.13. The molecule has 0 radical (unpaired) electrons. The van der Waals surface area contributed by atoms with Crippen LogP contribution in [-0.2, 0) is 6.54 Å². The average Bonchev–Trinajstić information content (AvgIpc) is 2.54. The highest BCUT2D eigenvalue weighted by Crippen LogP contribution is 2.16. The minimum Gasteiger partial charge on any atom is -0.494 e. The number of hydrogen-bond donors (Lipinski definition) is 2. The van der Waals surface area contributed by atoms with Crippen LogP contribution in [0, 0.1) is 0 Å². The highest BCUT2D eigenvalue weighted by molar-refractivity contribution is 6.04. The van der Waals surface area contributed by atoms with E-state index in [1.165, 1.54) is 0 Å². The lowest BCUT2D eigenvalue weighted by molar-refractivity contribution is 0.102. The first kappa shape index (κ1) is 16.0. The Balaban J connectivity index is 2.07. The highest BCUT2D eigenvalue weighted by atomic mass is 16.5. The van der Waals surface area contributed by atoms with Gasteiger partial charge in [-0.15, -0.1) is 0 Å². The van der Waals surface area contributed by atoms with Gasteiger partial charge in [-0.05, 0) is 49.4 Å². The minimum absolute atomic E-state index is 0.136. The van der Waals surface area contributed by atoms with Crippen molar-refractivity contribution in [3.8, 4) is 5.75 Å². The summed E-state index contributed by atoms with van der Waals surface area (Å²) in [4.78, 5) is 12.3. The molecular formula is C18H22N2O2. The summed E-state index contributed by atoms with van der Waals surface area (Å²) in [6, 6.07) is 15.0. The summed E-state index contributed by atoms with van der Waals surface area (Å²) >= 11 is 0. The van der Waals surface area contributed by atoms with Gasteiger partial charge in [0.1, 0.15) is 5.75 Å². The highest BCUT2D eigenvalue weighted by Gasteiger charge is 2.07. The van der Waals surface area contributed by atoms with E-state index in [4.69, 9.17) is 4.74 Å². The molecule has 0 aliphatic heterocycles. The van der Waals surface area contributed by atoms with Crippen LogP contribution in [-0.4, -0.2) is 19.6 Å². The molecule has 2 aromatic carbocycles. The van der Waals surface area contributed by atoms with E-state index < -0.39 is 0 Å². The SMILES string of the molecule is CCCOc1cccc(C(=O)Nc2cccc(CNC)c2)c1. The van der Waals surface area contributed by atoms with Crippen LogP contribution in [0.15, 0.2) is 48.5 Å². The third-order valence-corrected chi connectivity index (χ3v) is 3.13. The van der Waals surface area contributed by atoms with Gasteiger partial charge in [0.2, 0.25) is 0 Å². The maximum absolute atomic E-state index is 12.3. The van der Waals surface area contributed by atoms with Crippen molar-refractivity contribution in [3.63, 3.8) is 0 Å². The van der Waals surface area contributed by atoms with Crippen molar-refractivity contribution >= 4 is 11.6 Å². The van der Waals surface area contributed by atoms with E-state index in [-0.39, 0.29) is 5.91 Å². The molecule has 0 atom stereocenters. The molecule has 4 nitrogen and oxygen atoms in total. The molecular weight excluding hydrogens is 276 g/mol. The normalized spacial score (nSPS) is 10.3. The van der Waals surface area contributed by atoms with Crippen LogP contribution < -0.4 is 15.4 Å². The van der Waals surface area contributed by atoms with Crippen molar-refractivity contribution in [1.29, 1.82) is 0 Å². The summed E-state index contributed by atoms with van der Waals surface area (Å²) in [7, 11) is 1.90. The predicted octanol–water partition coefficient (Wildman–Crippen LogP) is 3.45. The van der Waals surface area contributed by atoms with Gasteiger partial charge >= 0.3 is 0 Å². The molecule has 1 amide bonds. The Labute approximate surface area is 131 Å². The zero-order valence-electron chi connectivity index (χ0n) is 13.1. The van der Waals surface area contributed by atoms with E-state index in [9.17, 15) is 4.79 Å². The van der Waals surface area contributed by atoms with Gasteiger partial charge in [-0.1, -0.05) is 25.1 Å². The molecule has 0 aromatic heterocycles. The second kappa shape index (κ2) is 8.20. The summed E-state index contributed by atoms with van der Waals surface area (Å²) in [5.41, 5.74) is 2.51. The second-order valence-corrected chi connectivity index (χ2v) is 5.06. The average molecular weight is 298 g/mol. The summed E-state index contributed by atoms with van der Waals surface area (Å²) in [6.07, 6.45) is 0.939. The molecule has 0 aliphatic carbocycles. The summed E-state index contributed by atoms with van der Waals surface area (Å²) in [5, 5.41) is 6.01. The van der Waals surface area contributed by atoms with Crippen molar-refractivity contribution in [1.82, 2.24) is 5.32 Å². The first-order valence-electron chi connectivity index (χ1n) is 7.50. The largest absolute Gasteiger partial charge is 0.494 e. The van der Waals surface area contributed by atoms with E-state index in [2.05, 4.69) is 17.6 Å². The first-order valence-corrected chi connectivity index (χ1v) is 7.50. The van der Waals surface area contributed by atoms with E-state index in [0.29, 0.717) is 12.2 Å². The van der Waals surface area contributed by atoms with Crippen LogP contribution in [0.3, 0.4) is 0 Å². The van der Waals surface area contributed by atoms with Crippen LogP contribution in [0.25, 0.3) is 0 Å². The first-order chi connectivity index (χ1) is 10.7. The number of carbonyl (C=O) groups is 1. The van der Waals surface area contributed by atoms with E-state index in [0.717, 1.165) is 30.0 Å². The number of hydrogen-bond acceptors (Lipinski definition) is 3. The second-order valence-electron chi connectivity index (χ2n) is 5.06. The lowest BCUT2D eigenvalue weighted by Crippen LogP contribution is -2.13. The Hall–Kier alpha value is -2.33. The smallest absolute Gasteiger partial charge is 0.255 e. The number of nitrogens with one attached hydrogen (secondary N) is 2. The van der Waals surface area contributed by atoms with Crippen molar-refractivity contribution in [2.24, 2.45) is 0 Å². The van der Waals surface area contributed by atoms with Crippen molar-refractivity contribution in [3.05, 3.63) is 59.7 Å². The standard InChI is InChI=1S/C18H22N2O2/c1-3-10-22-17-9-5-7-15(12-17)18(21)20-16-8-4-6-14(11-16)13-19-2/h4-9,11-12,19H,3,10,13H2,1-2H3,(H,20,21). The monoisotopic (exact) mass is 298 g/mol. The van der Waals surface area contributed by atoms with Gasteiger partial charge in [-0.25, -0.2) is 0 Å². The third kappa shape index (κ3) is 4.60. The molecule has 0 saturated heterocycles. The van der Waals surface area contributed by atoms with Gasteiger partial charge in [0.05, 0.1) is 6.61 Å². The maximum Gasteiger partial charge on any atom is 0.255 e. The maximum atomic E-state index is 12.3. The lowest BCUT2D eigenvalue weighted by atomic mass is 10.1. The molecule has 2 rings (SSSR count). The molecule has 0 fully saturated rings. The van der Waals surface area contributed by atoms with Gasteiger partial charge < -0.3 is 15.4 Å². The molecule has 0 heterocycles. The summed E-state index contributed by atoms with van der Waals surface area (Å²) in [5.74, 6) is 0.585. The Kier molecular flexibility index (Phi) is 5.98. The van der Waals surface area contributed by atoms with Crippen molar-refractivity contribution in [2.75, 3.05) is 19.0 Å². The Bertz CT molecular complexity index is 626. The Morgan fingerprint density at radius 3 is 2.73 bits per heavy atom. The van der Waals surface area contributed by atoms with Gasteiger partial charge in [0.25, 0.3) is 5.91 Å². The van der Waals surface area contributed by atoms with Crippen LogP contribution in [0.5, 0.6) is 5.75 Å². The minimum atomic E-state index is -0.136. The zero-order chi connectivity index (χ0) is 15.8. The molecule has 0 spiro atoms. The molecule has 2 N–H and O–H groups in total. The van der Waals surface area contributed by atoms with E-state index >= 15 is 0 Å². The summed E-state index contributed by atoms with van der Waals surface area (Å²) in [6.45, 7) is 3.47.